The Morgan fingerprint density at radius 3 is 2.83 bits per heavy atom. The second-order valence-corrected chi connectivity index (χ2v) is 5.41. The minimum absolute atomic E-state index is 0.134. The molecule has 6 heteroatoms. The van der Waals surface area contributed by atoms with Crippen molar-refractivity contribution in [1.82, 2.24) is 19.7 Å². The van der Waals surface area contributed by atoms with Gasteiger partial charge in [-0.2, -0.15) is 0 Å². The summed E-state index contributed by atoms with van der Waals surface area (Å²) < 4.78 is 7.04. The number of carbonyl (C=O) groups excluding carboxylic acids is 1. The summed E-state index contributed by atoms with van der Waals surface area (Å²) in [4.78, 5) is 13.8. The first kappa shape index (κ1) is 13.0. The van der Waals surface area contributed by atoms with Gasteiger partial charge in [-0.3, -0.25) is 4.79 Å². The largest absolute Gasteiger partial charge is 0.380 e. The molecule has 2 rings (SSSR count). The van der Waals surface area contributed by atoms with Gasteiger partial charge in [0.25, 0.3) is 0 Å². The molecule has 100 valence electrons. The van der Waals surface area contributed by atoms with Crippen LogP contribution in [0.15, 0.2) is 6.33 Å². The minimum atomic E-state index is 0.134. The number of aryl methyl sites for hydroxylation is 2. The molecular weight excluding hydrogens is 232 g/mol. The highest BCUT2D eigenvalue weighted by atomic mass is 16.5. The zero-order chi connectivity index (χ0) is 13.2. The standard InChI is InChI=1S/C12H20N4O2/c1-12(7-18-8-12)6-15(2)11(17)5-4-10-14-13-9-16(10)3/h9H,4-8H2,1-3H3. The number of amides is 1. The van der Waals surface area contributed by atoms with Crippen LogP contribution in [0.5, 0.6) is 0 Å². The van der Waals surface area contributed by atoms with E-state index in [0.717, 1.165) is 25.6 Å². The van der Waals surface area contributed by atoms with E-state index in [1.807, 2.05) is 18.7 Å². The van der Waals surface area contributed by atoms with Crippen LogP contribution in [0.3, 0.4) is 0 Å². The average Bonchev–Trinajstić information content (AvgIpc) is 2.69. The van der Waals surface area contributed by atoms with Crippen molar-refractivity contribution < 1.29 is 9.53 Å². The fraction of sp³-hybridized carbons (Fsp3) is 0.750. The molecule has 2 heterocycles. The predicted molar refractivity (Wildman–Crippen MR) is 65.9 cm³/mol. The van der Waals surface area contributed by atoms with Gasteiger partial charge in [0.1, 0.15) is 12.2 Å². The highest BCUT2D eigenvalue weighted by molar-refractivity contribution is 5.76. The third-order valence-corrected chi connectivity index (χ3v) is 3.31. The quantitative estimate of drug-likeness (QED) is 0.753. The maximum Gasteiger partial charge on any atom is 0.222 e. The Hall–Kier alpha value is -1.43. The Labute approximate surface area is 107 Å². The van der Waals surface area contributed by atoms with Gasteiger partial charge in [0, 0.05) is 38.9 Å². The zero-order valence-electron chi connectivity index (χ0n) is 11.2. The second kappa shape index (κ2) is 5.06. The lowest BCUT2D eigenvalue weighted by Crippen LogP contribution is -2.49. The number of ether oxygens (including phenoxy) is 1. The average molecular weight is 252 g/mol. The van der Waals surface area contributed by atoms with Gasteiger partial charge in [-0.05, 0) is 0 Å². The van der Waals surface area contributed by atoms with Gasteiger partial charge in [0.05, 0.1) is 13.2 Å². The molecule has 1 amide bonds. The molecule has 0 unspecified atom stereocenters. The molecule has 0 radical (unpaired) electrons. The van der Waals surface area contributed by atoms with Crippen LogP contribution in [0.1, 0.15) is 19.2 Å². The monoisotopic (exact) mass is 252 g/mol. The Morgan fingerprint density at radius 2 is 2.33 bits per heavy atom. The van der Waals surface area contributed by atoms with Crippen LogP contribution in [0.2, 0.25) is 0 Å². The molecule has 0 aliphatic carbocycles. The lowest BCUT2D eigenvalue weighted by atomic mass is 9.88. The van der Waals surface area contributed by atoms with Crippen LogP contribution in [-0.4, -0.2) is 52.4 Å². The molecule has 6 nitrogen and oxygen atoms in total. The van der Waals surface area contributed by atoms with E-state index in [2.05, 4.69) is 17.1 Å². The van der Waals surface area contributed by atoms with E-state index in [0.29, 0.717) is 12.8 Å². The summed E-state index contributed by atoms with van der Waals surface area (Å²) in [7, 11) is 3.73. The molecular formula is C12H20N4O2. The fourth-order valence-corrected chi connectivity index (χ4v) is 2.15. The third kappa shape index (κ3) is 2.87. The molecule has 0 bridgehead atoms. The molecule has 0 aromatic carbocycles. The van der Waals surface area contributed by atoms with Crippen molar-refractivity contribution in [2.45, 2.75) is 19.8 Å². The smallest absolute Gasteiger partial charge is 0.222 e. The first-order chi connectivity index (χ1) is 8.50. The van der Waals surface area contributed by atoms with Crippen LogP contribution < -0.4 is 0 Å². The van der Waals surface area contributed by atoms with Gasteiger partial charge in [-0.25, -0.2) is 0 Å². The summed E-state index contributed by atoms with van der Waals surface area (Å²) in [6.45, 7) is 4.38. The van der Waals surface area contributed by atoms with E-state index in [-0.39, 0.29) is 11.3 Å². The van der Waals surface area contributed by atoms with Gasteiger partial charge >= 0.3 is 0 Å². The minimum Gasteiger partial charge on any atom is -0.380 e. The van der Waals surface area contributed by atoms with Crippen molar-refractivity contribution in [3.8, 4) is 0 Å². The van der Waals surface area contributed by atoms with Crippen LogP contribution in [0.4, 0.5) is 0 Å². The lowest BCUT2D eigenvalue weighted by molar-refractivity contribution is -0.142. The summed E-state index contributed by atoms with van der Waals surface area (Å²) in [6.07, 6.45) is 2.75. The molecule has 1 aromatic rings. The molecule has 0 spiro atoms. The van der Waals surface area contributed by atoms with E-state index >= 15 is 0 Å². The van der Waals surface area contributed by atoms with Crippen molar-refractivity contribution in [3.63, 3.8) is 0 Å². The topological polar surface area (TPSA) is 60.2 Å². The summed E-state index contributed by atoms with van der Waals surface area (Å²) in [6, 6.07) is 0. The van der Waals surface area contributed by atoms with Crippen LogP contribution in [-0.2, 0) is 23.0 Å². The summed E-state index contributed by atoms with van der Waals surface area (Å²) >= 11 is 0. The number of carbonyl (C=O) groups is 1. The van der Waals surface area contributed by atoms with Gasteiger partial charge in [0.15, 0.2) is 0 Å². The molecule has 1 aromatic heterocycles. The maximum atomic E-state index is 12.0. The Kier molecular flexibility index (Phi) is 3.65. The van der Waals surface area contributed by atoms with E-state index in [4.69, 9.17) is 4.74 Å². The van der Waals surface area contributed by atoms with Crippen LogP contribution in [0.25, 0.3) is 0 Å². The number of hydrogen-bond donors (Lipinski definition) is 0. The molecule has 1 fully saturated rings. The van der Waals surface area contributed by atoms with Crippen molar-refractivity contribution in [2.24, 2.45) is 12.5 Å². The molecule has 0 N–H and O–H groups in total. The van der Waals surface area contributed by atoms with Gasteiger partial charge in [-0.15, -0.1) is 10.2 Å². The number of hydrogen-bond acceptors (Lipinski definition) is 4. The highest BCUT2D eigenvalue weighted by Gasteiger charge is 2.35. The second-order valence-electron chi connectivity index (χ2n) is 5.41. The van der Waals surface area contributed by atoms with E-state index in [9.17, 15) is 4.79 Å². The number of nitrogens with zero attached hydrogens (tertiary/aromatic N) is 4. The Balaban J connectivity index is 1.79. The van der Waals surface area contributed by atoms with E-state index in [1.165, 1.54) is 0 Å². The maximum absolute atomic E-state index is 12.0. The molecule has 1 saturated heterocycles. The number of aromatic nitrogens is 3. The highest BCUT2D eigenvalue weighted by Crippen LogP contribution is 2.27. The van der Waals surface area contributed by atoms with Crippen molar-refractivity contribution in [2.75, 3.05) is 26.8 Å². The molecule has 1 aliphatic rings. The van der Waals surface area contributed by atoms with Crippen molar-refractivity contribution in [1.29, 1.82) is 0 Å². The zero-order valence-corrected chi connectivity index (χ0v) is 11.2. The molecule has 18 heavy (non-hydrogen) atoms. The Morgan fingerprint density at radius 1 is 1.61 bits per heavy atom. The van der Waals surface area contributed by atoms with Crippen LogP contribution in [0, 0.1) is 5.41 Å². The van der Waals surface area contributed by atoms with E-state index in [1.54, 1.807) is 11.2 Å². The van der Waals surface area contributed by atoms with Crippen molar-refractivity contribution >= 4 is 5.91 Å². The first-order valence-corrected chi connectivity index (χ1v) is 6.15. The predicted octanol–water partition coefficient (Wildman–Crippen LogP) is 0.243. The summed E-state index contributed by atoms with van der Waals surface area (Å²) in [5.74, 6) is 0.987. The summed E-state index contributed by atoms with van der Waals surface area (Å²) in [5.41, 5.74) is 0.134. The van der Waals surface area contributed by atoms with E-state index < -0.39 is 0 Å². The van der Waals surface area contributed by atoms with Crippen LogP contribution >= 0.6 is 0 Å². The fourth-order valence-electron chi connectivity index (χ4n) is 2.15. The summed E-state index contributed by atoms with van der Waals surface area (Å²) in [5, 5.41) is 7.77. The number of rotatable bonds is 5. The normalized spacial score (nSPS) is 17.3. The molecule has 0 saturated carbocycles. The SMILES string of the molecule is CN(CC1(C)COC1)C(=O)CCc1nncn1C. The van der Waals surface area contributed by atoms with Crippen molar-refractivity contribution in [3.05, 3.63) is 12.2 Å². The third-order valence-electron chi connectivity index (χ3n) is 3.31. The van der Waals surface area contributed by atoms with Gasteiger partial charge < -0.3 is 14.2 Å². The van der Waals surface area contributed by atoms with Gasteiger partial charge in [0.2, 0.25) is 5.91 Å². The Bertz CT molecular complexity index is 425. The lowest BCUT2D eigenvalue weighted by Gasteiger charge is -2.40. The molecule has 1 aliphatic heterocycles. The first-order valence-electron chi connectivity index (χ1n) is 6.15. The molecule has 0 atom stereocenters. The van der Waals surface area contributed by atoms with Gasteiger partial charge in [-0.1, -0.05) is 6.92 Å².